The number of sulfonamides is 1. The third-order valence-electron chi connectivity index (χ3n) is 3.73. The molecule has 0 saturated carbocycles. The molecule has 2 heterocycles. The van der Waals surface area contributed by atoms with Crippen LogP contribution in [0.1, 0.15) is 17.0 Å². The molecule has 3 rings (SSSR count). The summed E-state index contributed by atoms with van der Waals surface area (Å²) in [7, 11) is -2.14. The second kappa shape index (κ2) is 5.86. The molecule has 1 aromatic carbocycles. The molecule has 0 saturated heterocycles. The molecule has 23 heavy (non-hydrogen) atoms. The van der Waals surface area contributed by atoms with E-state index in [-0.39, 0.29) is 23.3 Å². The largest absolute Gasteiger partial charge is 0.493 e. The van der Waals surface area contributed by atoms with E-state index in [9.17, 15) is 8.42 Å². The van der Waals surface area contributed by atoms with Crippen LogP contribution >= 0.6 is 0 Å². The highest BCUT2D eigenvalue weighted by Crippen LogP contribution is 2.34. The number of methoxy groups -OCH3 is 1. The summed E-state index contributed by atoms with van der Waals surface area (Å²) >= 11 is 0. The van der Waals surface area contributed by atoms with E-state index in [1.807, 2.05) is 18.2 Å². The lowest BCUT2D eigenvalue weighted by molar-refractivity contribution is 0.240. The lowest BCUT2D eigenvalue weighted by Crippen LogP contribution is -2.42. The highest BCUT2D eigenvalue weighted by Gasteiger charge is 2.30. The van der Waals surface area contributed by atoms with Crippen LogP contribution in [0.25, 0.3) is 0 Å². The molecule has 0 radical (unpaired) electrons. The second-order valence-corrected chi connectivity index (χ2v) is 7.09. The van der Waals surface area contributed by atoms with E-state index in [1.165, 1.54) is 0 Å². The van der Waals surface area contributed by atoms with Crippen LogP contribution in [0, 0.1) is 13.8 Å². The molecule has 1 aromatic heterocycles. The number of rotatable bonds is 4. The molecular formula is C15H18N2O5S. The van der Waals surface area contributed by atoms with E-state index in [0.717, 1.165) is 5.56 Å². The number of benzene rings is 1. The van der Waals surface area contributed by atoms with Crippen molar-refractivity contribution in [2.45, 2.75) is 31.2 Å². The number of aromatic nitrogens is 1. The van der Waals surface area contributed by atoms with E-state index >= 15 is 0 Å². The van der Waals surface area contributed by atoms with Crippen molar-refractivity contribution in [3.63, 3.8) is 0 Å². The zero-order chi connectivity index (χ0) is 16.6. The number of fused-ring (bicyclic) bond motifs is 1. The summed E-state index contributed by atoms with van der Waals surface area (Å²) in [5.74, 6) is 1.59. The van der Waals surface area contributed by atoms with Gasteiger partial charge in [-0.3, -0.25) is 0 Å². The lowest BCUT2D eigenvalue weighted by Gasteiger charge is -2.26. The molecule has 0 unspecified atom stereocenters. The van der Waals surface area contributed by atoms with Crippen LogP contribution in [-0.4, -0.2) is 33.3 Å². The Morgan fingerprint density at radius 3 is 2.78 bits per heavy atom. The van der Waals surface area contributed by atoms with Crippen molar-refractivity contribution >= 4 is 10.0 Å². The minimum absolute atomic E-state index is 0.0916. The van der Waals surface area contributed by atoms with Crippen LogP contribution in [0.4, 0.5) is 0 Å². The predicted octanol–water partition coefficient (Wildman–Crippen LogP) is 1.58. The van der Waals surface area contributed by atoms with Crippen molar-refractivity contribution in [2.24, 2.45) is 0 Å². The number of nitrogens with zero attached hydrogens (tertiary/aromatic N) is 1. The van der Waals surface area contributed by atoms with Gasteiger partial charge in [0.15, 0.2) is 17.3 Å². The summed E-state index contributed by atoms with van der Waals surface area (Å²) in [6.45, 7) is 3.41. The van der Waals surface area contributed by atoms with Gasteiger partial charge in [-0.05, 0) is 31.9 Å². The maximum atomic E-state index is 12.5. The first-order valence-electron chi connectivity index (χ1n) is 7.16. The average Bonchev–Trinajstić information content (AvgIpc) is 2.85. The molecule has 0 bridgehead atoms. The minimum atomic E-state index is -3.71. The molecule has 0 spiro atoms. The molecule has 8 heteroatoms. The number of aryl methyl sites for hydroxylation is 2. The molecule has 0 fully saturated rings. The van der Waals surface area contributed by atoms with E-state index in [4.69, 9.17) is 14.0 Å². The maximum absolute atomic E-state index is 12.5. The van der Waals surface area contributed by atoms with Gasteiger partial charge in [-0.2, -0.15) is 0 Å². The van der Waals surface area contributed by atoms with Crippen molar-refractivity contribution in [1.82, 2.24) is 9.88 Å². The van der Waals surface area contributed by atoms with Gasteiger partial charge in [-0.25, -0.2) is 13.1 Å². The Morgan fingerprint density at radius 1 is 1.35 bits per heavy atom. The van der Waals surface area contributed by atoms with Crippen LogP contribution in [0.3, 0.4) is 0 Å². The van der Waals surface area contributed by atoms with Crippen molar-refractivity contribution < 1.29 is 22.4 Å². The number of para-hydroxylation sites is 1. The standard InChI is InChI=1S/C15H18N2O5S/c1-9-15(10(2)22-16-9)23(18,19)17-12-7-11-5-4-6-13(20-3)14(11)21-8-12/h4-6,12,17H,7-8H2,1-3H3/t12-/m0/s1. The lowest BCUT2D eigenvalue weighted by atomic mass is 10.0. The third-order valence-corrected chi connectivity index (χ3v) is 5.50. The van der Waals surface area contributed by atoms with E-state index in [0.29, 0.717) is 23.6 Å². The van der Waals surface area contributed by atoms with Gasteiger partial charge in [0.25, 0.3) is 0 Å². The number of nitrogens with one attached hydrogen (secondary N) is 1. The van der Waals surface area contributed by atoms with Gasteiger partial charge in [0.05, 0.1) is 13.2 Å². The summed E-state index contributed by atoms with van der Waals surface area (Å²) in [6, 6.07) is 5.20. The van der Waals surface area contributed by atoms with E-state index in [2.05, 4.69) is 9.88 Å². The highest BCUT2D eigenvalue weighted by molar-refractivity contribution is 7.89. The first-order valence-corrected chi connectivity index (χ1v) is 8.64. The molecule has 1 atom stereocenters. The second-order valence-electron chi connectivity index (χ2n) is 5.44. The minimum Gasteiger partial charge on any atom is -0.493 e. The maximum Gasteiger partial charge on any atom is 0.246 e. The quantitative estimate of drug-likeness (QED) is 0.910. The van der Waals surface area contributed by atoms with Crippen molar-refractivity contribution in [2.75, 3.05) is 13.7 Å². The summed E-state index contributed by atoms with van der Waals surface area (Å²) in [6.07, 6.45) is 0.523. The Labute approximate surface area is 134 Å². The zero-order valence-electron chi connectivity index (χ0n) is 13.1. The van der Waals surface area contributed by atoms with Crippen LogP contribution in [0.15, 0.2) is 27.6 Å². The molecule has 1 N–H and O–H groups in total. The van der Waals surface area contributed by atoms with Gasteiger partial charge in [0.2, 0.25) is 10.0 Å². The fourth-order valence-electron chi connectivity index (χ4n) is 2.77. The molecule has 0 amide bonds. The van der Waals surface area contributed by atoms with E-state index < -0.39 is 10.0 Å². The van der Waals surface area contributed by atoms with Crippen molar-refractivity contribution in [3.05, 3.63) is 35.2 Å². The SMILES string of the molecule is COc1cccc2c1OC[C@@H](NS(=O)(=O)c1c(C)noc1C)C2. The monoisotopic (exact) mass is 338 g/mol. The summed E-state index contributed by atoms with van der Waals surface area (Å²) in [5, 5.41) is 3.69. The van der Waals surface area contributed by atoms with Crippen molar-refractivity contribution in [1.29, 1.82) is 0 Å². The van der Waals surface area contributed by atoms with Gasteiger partial charge in [-0.1, -0.05) is 17.3 Å². The number of hydrogen-bond donors (Lipinski definition) is 1. The molecular weight excluding hydrogens is 320 g/mol. The first-order chi connectivity index (χ1) is 10.9. The normalized spacial score (nSPS) is 17.4. The van der Waals surface area contributed by atoms with Crippen LogP contribution in [0.2, 0.25) is 0 Å². The predicted molar refractivity (Wildman–Crippen MR) is 82.3 cm³/mol. The Balaban J connectivity index is 1.83. The van der Waals surface area contributed by atoms with Crippen LogP contribution in [0.5, 0.6) is 11.5 Å². The zero-order valence-corrected chi connectivity index (χ0v) is 13.9. The smallest absolute Gasteiger partial charge is 0.246 e. The molecule has 7 nitrogen and oxygen atoms in total. The van der Waals surface area contributed by atoms with Gasteiger partial charge < -0.3 is 14.0 Å². The summed E-state index contributed by atoms with van der Waals surface area (Å²) in [5.41, 5.74) is 1.25. The Bertz CT molecular complexity index is 809. The third kappa shape index (κ3) is 2.91. The van der Waals surface area contributed by atoms with Gasteiger partial charge in [0.1, 0.15) is 17.2 Å². The molecule has 1 aliphatic heterocycles. The Kier molecular flexibility index (Phi) is 4.03. The summed E-state index contributed by atoms with van der Waals surface area (Å²) in [4.78, 5) is 0.0916. The summed E-state index contributed by atoms with van der Waals surface area (Å²) < 4.78 is 43.6. The fourth-order valence-corrected chi connectivity index (χ4v) is 4.32. The topological polar surface area (TPSA) is 90.7 Å². The molecule has 124 valence electrons. The Hall–Kier alpha value is -2.06. The average molecular weight is 338 g/mol. The molecule has 2 aromatic rings. The molecule has 1 aliphatic rings. The first kappa shape index (κ1) is 15.8. The highest BCUT2D eigenvalue weighted by atomic mass is 32.2. The van der Waals surface area contributed by atoms with Gasteiger partial charge >= 0.3 is 0 Å². The van der Waals surface area contributed by atoms with E-state index in [1.54, 1.807) is 21.0 Å². The van der Waals surface area contributed by atoms with Crippen molar-refractivity contribution in [3.8, 4) is 11.5 Å². The number of ether oxygens (including phenoxy) is 2. The molecule has 0 aliphatic carbocycles. The van der Waals surface area contributed by atoms with Crippen LogP contribution in [-0.2, 0) is 16.4 Å². The van der Waals surface area contributed by atoms with Gasteiger partial charge in [0, 0.05) is 0 Å². The Morgan fingerprint density at radius 2 is 2.13 bits per heavy atom. The fraction of sp³-hybridized carbons (Fsp3) is 0.400. The van der Waals surface area contributed by atoms with Crippen LogP contribution < -0.4 is 14.2 Å². The van der Waals surface area contributed by atoms with Gasteiger partial charge in [-0.15, -0.1) is 0 Å². The number of hydrogen-bond acceptors (Lipinski definition) is 6.